The zero-order valence-electron chi connectivity index (χ0n) is 25.7. The molecule has 45 heavy (non-hydrogen) atoms. The first-order valence-corrected chi connectivity index (χ1v) is 14.4. The van der Waals surface area contributed by atoms with Gasteiger partial charge in [0.1, 0.15) is 11.5 Å². The van der Waals surface area contributed by atoms with Gasteiger partial charge in [-0.25, -0.2) is 4.98 Å². The molecule has 0 saturated carbocycles. The highest BCUT2D eigenvalue weighted by atomic mass is 19.4. The van der Waals surface area contributed by atoms with Crippen LogP contribution < -0.4 is 4.74 Å². The number of pyridine rings is 1. The van der Waals surface area contributed by atoms with Gasteiger partial charge in [0.25, 0.3) is 5.91 Å². The summed E-state index contributed by atoms with van der Waals surface area (Å²) in [6.07, 6.45) is -4.65. The number of aryl methyl sites for hydroxylation is 1. The Hall–Kier alpha value is -4.92. The number of benzene rings is 3. The predicted molar refractivity (Wildman–Crippen MR) is 166 cm³/mol. The molecule has 2 aromatic heterocycles. The molecule has 0 bridgehead atoms. The van der Waals surface area contributed by atoms with Gasteiger partial charge in [-0.3, -0.25) is 9.59 Å². The van der Waals surface area contributed by atoms with Gasteiger partial charge in [0.15, 0.2) is 5.75 Å². The number of nitrogens with zero attached hydrogens (tertiary/aromatic N) is 2. The molecule has 6 nitrogen and oxygen atoms in total. The fourth-order valence-electron chi connectivity index (χ4n) is 5.25. The highest BCUT2D eigenvalue weighted by Gasteiger charge is 2.35. The van der Waals surface area contributed by atoms with Crippen LogP contribution in [0.4, 0.5) is 13.2 Å². The summed E-state index contributed by atoms with van der Waals surface area (Å²) in [6, 6.07) is 24.6. The number of carbonyl (C=O) groups is 2. The molecular weight excluding hydrogens is 581 g/mol. The Morgan fingerprint density at radius 2 is 1.60 bits per heavy atom. The van der Waals surface area contributed by atoms with Crippen molar-refractivity contribution in [2.75, 3.05) is 7.11 Å². The fourth-order valence-corrected chi connectivity index (χ4v) is 5.25. The molecule has 1 amide bonds. The molecule has 0 N–H and O–H groups in total. The average molecular weight is 615 g/mol. The smallest absolute Gasteiger partial charge is 0.449 e. The highest BCUT2D eigenvalue weighted by Crippen LogP contribution is 2.34. The van der Waals surface area contributed by atoms with E-state index < -0.39 is 23.3 Å². The van der Waals surface area contributed by atoms with E-state index in [1.165, 1.54) is 18.1 Å². The Bertz CT molecular complexity index is 1870. The first kappa shape index (κ1) is 31.5. The van der Waals surface area contributed by atoms with Crippen molar-refractivity contribution in [2.24, 2.45) is 0 Å². The Balaban J connectivity index is 1.51. The van der Waals surface area contributed by atoms with E-state index in [4.69, 9.17) is 9.15 Å². The molecule has 5 rings (SSSR count). The third-order valence-corrected chi connectivity index (χ3v) is 8.14. The van der Waals surface area contributed by atoms with Crippen molar-refractivity contribution in [1.82, 2.24) is 9.88 Å². The number of furan rings is 1. The molecule has 0 spiro atoms. The van der Waals surface area contributed by atoms with Crippen LogP contribution in [0.1, 0.15) is 59.5 Å². The molecule has 2 heterocycles. The molecule has 5 aromatic rings. The number of ether oxygens (including phenoxy) is 1. The Kier molecular flexibility index (Phi) is 8.56. The maximum atomic E-state index is 14.3. The number of aromatic nitrogens is 1. The van der Waals surface area contributed by atoms with Gasteiger partial charge in [0, 0.05) is 17.3 Å². The number of carbonyl (C=O) groups excluding carboxylic acids is 2. The summed E-state index contributed by atoms with van der Waals surface area (Å²) >= 11 is 0. The van der Waals surface area contributed by atoms with Crippen LogP contribution in [0, 0.1) is 6.92 Å². The summed E-state index contributed by atoms with van der Waals surface area (Å²) in [7, 11) is 1.45. The van der Waals surface area contributed by atoms with Gasteiger partial charge in [0.05, 0.1) is 30.4 Å². The summed E-state index contributed by atoms with van der Waals surface area (Å²) in [5.41, 5.74) is 4.24. The van der Waals surface area contributed by atoms with E-state index in [1.54, 1.807) is 32.0 Å². The second-order valence-electron chi connectivity index (χ2n) is 11.5. The maximum absolute atomic E-state index is 14.3. The summed E-state index contributed by atoms with van der Waals surface area (Å²) in [5.74, 6) is -1.23. The molecule has 0 aliphatic rings. The minimum Gasteiger partial charge on any atom is -0.494 e. The third kappa shape index (κ3) is 6.48. The number of amides is 1. The van der Waals surface area contributed by atoms with E-state index in [-0.39, 0.29) is 30.2 Å². The minimum absolute atomic E-state index is 0.00811. The van der Waals surface area contributed by atoms with E-state index in [1.807, 2.05) is 68.4 Å². The Morgan fingerprint density at radius 1 is 0.889 bits per heavy atom. The van der Waals surface area contributed by atoms with E-state index in [9.17, 15) is 22.8 Å². The van der Waals surface area contributed by atoms with Crippen molar-refractivity contribution < 1.29 is 31.9 Å². The average Bonchev–Trinajstić information content (AvgIpc) is 3.49. The number of Topliss-reactive ketones (excluding diaryl/α,β-unsaturated/α-hetero) is 1. The second kappa shape index (κ2) is 12.2. The minimum atomic E-state index is -4.65. The number of rotatable bonds is 9. The van der Waals surface area contributed by atoms with E-state index in [2.05, 4.69) is 4.98 Å². The van der Waals surface area contributed by atoms with E-state index >= 15 is 0 Å². The summed E-state index contributed by atoms with van der Waals surface area (Å²) in [5, 5.41) is 0.564. The maximum Gasteiger partial charge on any atom is 0.449 e. The highest BCUT2D eigenvalue weighted by molar-refractivity contribution is 6.08. The zero-order chi connectivity index (χ0) is 32.5. The van der Waals surface area contributed by atoms with Gasteiger partial charge in [0.2, 0.25) is 5.76 Å². The normalized spacial score (nSPS) is 11.9. The number of ketones is 1. The van der Waals surface area contributed by atoms with Crippen molar-refractivity contribution in [3.8, 4) is 16.9 Å². The van der Waals surface area contributed by atoms with E-state index in [0.29, 0.717) is 22.3 Å². The molecule has 0 radical (unpaired) electrons. The second-order valence-corrected chi connectivity index (χ2v) is 11.5. The lowest BCUT2D eigenvalue weighted by Crippen LogP contribution is -2.31. The number of methoxy groups -OCH3 is 1. The van der Waals surface area contributed by atoms with E-state index in [0.717, 1.165) is 28.3 Å². The van der Waals surface area contributed by atoms with Crippen LogP contribution in [-0.4, -0.2) is 28.7 Å². The number of para-hydroxylation sites is 1. The van der Waals surface area contributed by atoms with Gasteiger partial charge >= 0.3 is 6.18 Å². The van der Waals surface area contributed by atoms with Crippen LogP contribution in [0.3, 0.4) is 0 Å². The fraction of sp³-hybridized carbons (Fsp3) is 0.250. The first-order valence-electron chi connectivity index (χ1n) is 14.4. The predicted octanol–water partition coefficient (Wildman–Crippen LogP) is 8.54. The van der Waals surface area contributed by atoms with Gasteiger partial charge in [-0.2, -0.15) is 13.2 Å². The summed E-state index contributed by atoms with van der Waals surface area (Å²) in [6.45, 7) is 6.96. The van der Waals surface area contributed by atoms with Crippen LogP contribution in [0.5, 0.6) is 5.75 Å². The number of hydrogen-bond donors (Lipinski definition) is 0. The third-order valence-electron chi connectivity index (χ3n) is 8.14. The molecule has 232 valence electrons. The van der Waals surface area contributed by atoms with Gasteiger partial charge in [-0.15, -0.1) is 0 Å². The quantitative estimate of drug-likeness (QED) is 0.166. The number of alkyl halides is 3. The monoisotopic (exact) mass is 614 g/mol. The molecule has 0 saturated heterocycles. The number of fused-ring (bicyclic) bond motifs is 1. The topological polar surface area (TPSA) is 72.6 Å². The van der Waals surface area contributed by atoms with Crippen LogP contribution in [0.25, 0.3) is 22.0 Å². The molecule has 3 aromatic carbocycles. The van der Waals surface area contributed by atoms with Crippen molar-refractivity contribution in [1.29, 1.82) is 0 Å². The zero-order valence-corrected chi connectivity index (χ0v) is 25.7. The Morgan fingerprint density at radius 3 is 2.24 bits per heavy atom. The lowest BCUT2D eigenvalue weighted by molar-refractivity contribution is -0.153. The molecule has 0 aliphatic heterocycles. The SMILES string of the molecule is COc1c(C)nc2ccccc2c1C(=O)N(Cc1ccc(-c2cccc(C(C)(C)C(C)=O)c2)cc1)Cc1ccc(C(F)(F)F)o1. The van der Waals surface area contributed by atoms with Crippen LogP contribution in [0.2, 0.25) is 0 Å². The van der Waals surface area contributed by atoms with Gasteiger partial charge < -0.3 is 14.1 Å². The van der Waals surface area contributed by atoms with Crippen LogP contribution >= 0.6 is 0 Å². The Labute approximate surface area is 259 Å². The molecular formula is C36H33F3N2O4. The van der Waals surface area contributed by atoms with Crippen LogP contribution in [-0.2, 0) is 29.5 Å². The number of hydrogen-bond acceptors (Lipinski definition) is 5. The standard InChI is InChI=1S/C36H33F3N2O4/c1-22-33(44-5)32(29-11-6-7-12-30(29)40-22)34(43)41(21-28-17-18-31(45-28)36(37,38)39)20-24-13-15-25(16-14-24)26-9-8-10-27(19-26)35(3,4)23(2)42/h6-19H,20-21H2,1-5H3. The lowest BCUT2D eigenvalue weighted by Gasteiger charge is -2.24. The molecule has 0 atom stereocenters. The largest absolute Gasteiger partial charge is 0.494 e. The van der Waals surface area contributed by atoms with Crippen LogP contribution in [0.15, 0.2) is 89.3 Å². The molecule has 0 unspecified atom stereocenters. The van der Waals surface area contributed by atoms with Gasteiger partial charge in [-0.1, -0.05) is 66.7 Å². The van der Waals surface area contributed by atoms with Gasteiger partial charge in [-0.05, 0) is 68.1 Å². The van der Waals surface area contributed by atoms with Crippen molar-refractivity contribution in [3.63, 3.8) is 0 Å². The van der Waals surface area contributed by atoms with Crippen molar-refractivity contribution in [2.45, 2.75) is 52.4 Å². The lowest BCUT2D eigenvalue weighted by atomic mass is 9.80. The first-order chi connectivity index (χ1) is 21.3. The number of halogens is 3. The van der Waals surface area contributed by atoms with Crippen molar-refractivity contribution >= 4 is 22.6 Å². The summed E-state index contributed by atoms with van der Waals surface area (Å²) < 4.78 is 50.7. The molecule has 9 heteroatoms. The molecule has 0 fully saturated rings. The molecule has 0 aliphatic carbocycles. The summed E-state index contributed by atoms with van der Waals surface area (Å²) in [4.78, 5) is 32.5. The van der Waals surface area contributed by atoms with Crippen molar-refractivity contribution in [3.05, 3.63) is 119 Å².